The third-order valence-electron chi connectivity index (χ3n) is 23.5. The molecular weight excluding hydrogens is 1390 g/mol. The molecule has 114 heavy (non-hydrogen) atoms. The zero-order valence-corrected chi connectivity index (χ0v) is 61.9. The van der Waals surface area contributed by atoms with Crippen LogP contribution in [0.5, 0.6) is 23.0 Å². The molecule has 0 fully saturated rings. The number of para-hydroxylation sites is 12. The number of hydrogen-bond donors (Lipinski definition) is 0. The van der Waals surface area contributed by atoms with Gasteiger partial charge in [0.15, 0.2) is 0 Å². The predicted octanol–water partition coefficient (Wildman–Crippen LogP) is 21.0. The first-order valence-electron chi connectivity index (χ1n) is 39.1. The molecule has 0 aliphatic carbocycles. The summed E-state index contributed by atoms with van der Waals surface area (Å²) in [5, 5.41) is 0. The Morgan fingerprint density at radius 2 is 0.404 bits per heavy atom. The zero-order valence-electron chi connectivity index (χ0n) is 61.9. The van der Waals surface area contributed by atoms with Crippen molar-refractivity contribution in [2.45, 2.75) is 0 Å². The van der Waals surface area contributed by atoms with E-state index in [0.717, 1.165) is 159 Å². The largest absolute Gasteiger partial charge is 0.458 e. The van der Waals surface area contributed by atoms with Gasteiger partial charge in [-0.15, -0.1) is 0 Å². The van der Waals surface area contributed by atoms with Crippen molar-refractivity contribution in [3.63, 3.8) is 0 Å². The SMILES string of the molecule is c1ccc(N(c2ccccc2)c2cc3c4c(c2)Oc2cc5c(cc2B4c2cc4c(cc2O3)N(c2ccccc2)c2cc(N(c3ccccc3)c3ccccc3)cc3c2B4c2ccccc2N3c2ccccc2)B2c3ccccc3N(c3ccccc3)c3cc(N(c4ccccc4)c4ccccc4)cc(c32)N5c2ccccc2)cc1. The molecule has 0 N–H and O–H groups in total. The normalized spacial score (nSPS) is 13.1. The minimum Gasteiger partial charge on any atom is -0.458 e. The Morgan fingerprint density at radius 1 is 0.167 bits per heavy atom. The highest BCUT2D eigenvalue weighted by Crippen LogP contribution is 2.53. The smallest absolute Gasteiger partial charge is 0.260 e. The fourth-order valence-electron chi connectivity index (χ4n) is 18.9. The molecular formula is C102H68B3N7O2. The van der Waals surface area contributed by atoms with Gasteiger partial charge in [0.2, 0.25) is 0 Å². The molecule has 0 unspecified atom stereocenters. The third kappa shape index (κ3) is 10.3. The summed E-state index contributed by atoms with van der Waals surface area (Å²) in [5.74, 6) is 2.99. The fourth-order valence-corrected chi connectivity index (χ4v) is 18.9. The maximum Gasteiger partial charge on any atom is 0.260 e. The Hall–Kier alpha value is -14.9. The molecule has 9 nitrogen and oxygen atoms in total. The lowest BCUT2D eigenvalue weighted by Gasteiger charge is -2.46. The summed E-state index contributed by atoms with van der Waals surface area (Å²) in [6.45, 7) is -0.890. The maximum atomic E-state index is 7.90. The van der Waals surface area contributed by atoms with Crippen LogP contribution < -0.4 is 92.9 Å². The summed E-state index contributed by atoms with van der Waals surface area (Å²) in [5.41, 5.74) is 32.3. The van der Waals surface area contributed by atoms with Gasteiger partial charge in [-0.3, -0.25) is 0 Å². The molecule has 6 aliphatic heterocycles. The number of fused-ring (bicyclic) bond motifs is 12. The van der Waals surface area contributed by atoms with E-state index in [9.17, 15) is 0 Å². The molecule has 0 spiro atoms. The van der Waals surface area contributed by atoms with Crippen molar-refractivity contribution in [1.29, 1.82) is 0 Å². The summed E-state index contributed by atoms with van der Waals surface area (Å²) < 4.78 is 15.8. The standard InChI is InChI=1S/C102H68B3N7O2/c1-11-35-69(36-12-1)106(70-37-13-2-14-38-70)79-59-92-100-94(61-79)111(77-51-27-9-28-52-77)90-67-96-86(65-84(90)103(100)82-55-31-33-57-88(82)109(92)75-47-23-7-24-48-75)105-87-66-85-91(68-97(87)114-99-64-81(63-98(113-96)102(99)105)108(73-43-19-5-20-44-73)74-45-21-6-22-46-74)112(78-53-29-10-30-54-78)95-62-80(107(71-39-15-3-16-40-71)72-41-17-4-18-42-72)60-93-101(95)104(85)83-56-32-34-58-89(83)110(93)76-49-25-8-26-50-76/h1-68H. The molecule has 0 saturated carbocycles. The molecule has 0 atom stereocenters. The van der Waals surface area contributed by atoms with Crippen LogP contribution in [0.4, 0.5) is 119 Å². The highest BCUT2D eigenvalue weighted by Gasteiger charge is 2.51. The van der Waals surface area contributed by atoms with E-state index in [0.29, 0.717) is 0 Å². The Bertz CT molecular complexity index is 6130. The topological polar surface area (TPSA) is 41.1 Å². The lowest BCUT2D eigenvalue weighted by atomic mass is 9.29. The van der Waals surface area contributed by atoms with Crippen LogP contribution in [0.1, 0.15) is 0 Å². The zero-order chi connectivity index (χ0) is 74.9. The second-order valence-electron chi connectivity index (χ2n) is 29.9. The second-order valence-corrected chi connectivity index (χ2v) is 29.9. The van der Waals surface area contributed by atoms with Gasteiger partial charge in [-0.1, -0.05) is 231 Å². The first-order valence-corrected chi connectivity index (χ1v) is 39.1. The second kappa shape index (κ2) is 26.4. The van der Waals surface area contributed by atoms with Gasteiger partial charge in [-0.2, -0.15) is 0 Å². The molecule has 0 amide bonds. The molecule has 0 aromatic heterocycles. The van der Waals surface area contributed by atoms with Gasteiger partial charge in [0.1, 0.15) is 23.0 Å². The number of nitrogens with zero attached hydrogens (tertiary/aromatic N) is 7. The van der Waals surface area contributed by atoms with Crippen LogP contribution in [0.2, 0.25) is 0 Å². The first kappa shape index (κ1) is 65.1. The average molecular weight is 1460 g/mol. The molecule has 6 heterocycles. The van der Waals surface area contributed by atoms with E-state index in [2.05, 4.69) is 447 Å². The van der Waals surface area contributed by atoms with Crippen LogP contribution in [0.3, 0.4) is 0 Å². The van der Waals surface area contributed by atoms with Crippen molar-refractivity contribution in [2.24, 2.45) is 0 Å². The van der Waals surface area contributed by atoms with E-state index in [-0.39, 0.29) is 13.4 Å². The summed E-state index contributed by atoms with van der Waals surface area (Å²) >= 11 is 0. The van der Waals surface area contributed by atoms with Crippen molar-refractivity contribution in [1.82, 2.24) is 0 Å². The number of benzene rings is 17. The Balaban J connectivity index is 0.803. The van der Waals surface area contributed by atoms with E-state index >= 15 is 0 Å². The van der Waals surface area contributed by atoms with Crippen LogP contribution in [0.25, 0.3) is 0 Å². The fraction of sp³-hybridized carbons (Fsp3) is 0. The molecule has 6 aliphatic rings. The molecule has 0 radical (unpaired) electrons. The van der Waals surface area contributed by atoms with E-state index < -0.39 is 6.71 Å². The number of hydrogen-bond acceptors (Lipinski definition) is 9. The summed E-state index contributed by atoms with van der Waals surface area (Å²) in [4.78, 5) is 17.1. The van der Waals surface area contributed by atoms with Crippen LogP contribution in [0.15, 0.2) is 413 Å². The Kier molecular flexibility index (Phi) is 15.1. The van der Waals surface area contributed by atoms with Crippen molar-refractivity contribution < 1.29 is 9.47 Å². The van der Waals surface area contributed by atoms with Crippen LogP contribution >= 0.6 is 0 Å². The van der Waals surface area contributed by atoms with Gasteiger partial charge < -0.3 is 43.8 Å². The number of anilines is 21. The summed E-state index contributed by atoms with van der Waals surface area (Å²) in [6, 6.07) is 150. The van der Waals surface area contributed by atoms with Gasteiger partial charge in [-0.25, -0.2) is 0 Å². The van der Waals surface area contributed by atoms with Gasteiger partial charge in [0, 0.05) is 132 Å². The van der Waals surface area contributed by atoms with Crippen LogP contribution in [0, 0.1) is 0 Å². The van der Waals surface area contributed by atoms with Crippen molar-refractivity contribution in [3.05, 3.63) is 413 Å². The molecule has 0 saturated heterocycles. The van der Waals surface area contributed by atoms with Gasteiger partial charge >= 0.3 is 0 Å². The van der Waals surface area contributed by atoms with E-state index in [1.165, 1.54) is 32.8 Å². The van der Waals surface area contributed by atoms with E-state index in [1.807, 2.05) is 0 Å². The molecule has 23 rings (SSSR count). The minimum absolute atomic E-state index is 0.246. The molecule has 17 aromatic rings. The monoisotopic (exact) mass is 1460 g/mol. The quantitative estimate of drug-likeness (QED) is 0.105. The van der Waals surface area contributed by atoms with Crippen molar-refractivity contribution in [3.8, 4) is 23.0 Å². The number of ether oxygens (including phenoxy) is 2. The van der Waals surface area contributed by atoms with Crippen molar-refractivity contribution >= 4 is 189 Å². The Labute approximate surface area is 663 Å². The first-order chi connectivity index (χ1) is 56.6. The minimum atomic E-state index is -0.397. The number of rotatable bonds is 13. The maximum absolute atomic E-state index is 7.90. The van der Waals surface area contributed by atoms with Crippen LogP contribution in [-0.2, 0) is 0 Å². The Morgan fingerprint density at radius 3 is 0.693 bits per heavy atom. The lowest BCUT2D eigenvalue weighted by Crippen LogP contribution is -2.65. The summed E-state index contributed by atoms with van der Waals surface area (Å²) in [7, 11) is 0. The lowest BCUT2D eigenvalue weighted by molar-refractivity contribution is 0.465. The molecule has 12 heteroatoms. The van der Waals surface area contributed by atoms with Crippen LogP contribution in [-0.4, -0.2) is 20.1 Å². The van der Waals surface area contributed by atoms with Gasteiger partial charge in [-0.05, 0) is 201 Å². The van der Waals surface area contributed by atoms with E-state index in [1.54, 1.807) is 0 Å². The highest BCUT2D eigenvalue weighted by molar-refractivity contribution is 7.04. The predicted molar refractivity (Wildman–Crippen MR) is 476 cm³/mol. The third-order valence-corrected chi connectivity index (χ3v) is 23.5. The molecule has 0 bridgehead atoms. The average Bonchev–Trinajstić information content (AvgIpc) is 0.689. The molecule has 532 valence electrons. The van der Waals surface area contributed by atoms with Gasteiger partial charge in [0.25, 0.3) is 20.1 Å². The van der Waals surface area contributed by atoms with E-state index in [4.69, 9.17) is 9.47 Å². The highest BCUT2D eigenvalue weighted by atomic mass is 16.5. The molecule has 17 aromatic carbocycles. The van der Waals surface area contributed by atoms with Crippen molar-refractivity contribution in [2.75, 3.05) is 34.3 Å². The van der Waals surface area contributed by atoms with Gasteiger partial charge in [0.05, 0.1) is 17.1 Å². The summed E-state index contributed by atoms with van der Waals surface area (Å²) in [6.07, 6.45) is 0.